The summed E-state index contributed by atoms with van der Waals surface area (Å²) in [4.78, 5) is 48.5. The van der Waals surface area contributed by atoms with Crippen LogP contribution in [0.4, 0.5) is 4.79 Å². The van der Waals surface area contributed by atoms with E-state index in [4.69, 9.17) is 4.74 Å². The molecule has 1 fully saturated rings. The summed E-state index contributed by atoms with van der Waals surface area (Å²) in [5.74, 6) is -3.42. The maximum absolute atomic E-state index is 12.7. The Balaban J connectivity index is 1.35. The lowest BCUT2D eigenvalue weighted by atomic mass is 9.98. The average molecular weight is 480 g/mol. The summed E-state index contributed by atoms with van der Waals surface area (Å²) in [5, 5.41) is 16.9. The van der Waals surface area contributed by atoms with Crippen LogP contribution in [0.3, 0.4) is 0 Å². The van der Waals surface area contributed by atoms with E-state index in [1.165, 1.54) is 0 Å². The lowest BCUT2D eigenvalue weighted by Gasteiger charge is -2.23. The van der Waals surface area contributed by atoms with Gasteiger partial charge in [-0.2, -0.15) is 0 Å². The molecule has 3 atom stereocenters. The molecule has 0 aromatic heterocycles. The van der Waals surface area contributed by atoms with Gasteiger partial charge >= 0.3 is 12.1 Å². The Hall–Kier alpha value is -3.88. The Bertz CT molecular complexity index is 1100. The molecule has 184 valence electrons. The number of rotatable bonds is 8. The van der Waals surface area contributed by atoms with Crippen LogP contribution in [0.5, 0.6) is 0 Å². The molecule has 1 aliphatic carbocycles. The van der Waals surface area contributed by atoms with Crippen LogP contribution in [0.1, 0.15) is 37.3 Å². The number of aliphatic carboxylic acids is 1. The van der Waals surface area contributed by atoms with Crippen molar-refractivity contribution >= 4 is 23.9 Å². The molecule has 0 saturated carbocycles. The van der Waals surface area contributed by atoms with Crippen molar-refractivity contribution in [2.45, 2.75) is 38.3 Å². The van der Waals surface area contributed by atoms with Gasteiger partial charge in [0.15, 0.2) is 0 Å². The maximum Gasteiger partial charge on any atom is 0.407 e. The first-order valence-electron chi connectivity index (χ1n) is 11.7. The first-order valence-corrected chi connectivity index (χ1v) is 11.7. The van der Waals surface area contributed by atoms with Gasteiger partial charge in [-0.3, -0.25) is 14.4 Å². The molecule has 1 aliphatic heterocycles. The van der Waals surface area contributed by atoms with Crippen molar-refractivity contribution in [1.82, 2.24) is 16.0 Å². The molecule has 9 heteroatoms. The predicted molar refractivity (Wildman–Crippen MR) is 128 cm³/mol. The molecule has 2 aromatic carbocycles. The molecule has 4 rings (SSSR count). The largest absolute Gasteiger partial charge is 0.481 e. The van der Waals surface area contributed by atoms with E-state index in [2.05, 4.69) is 28.1 Å². The first kappa shape index (κ1) is 24.3. The van der Waals surface area contributed by atoms with E-state index < -0.39 is 41.9 Å². The van der Waals surface area contributed by atoms with Crippen LogP contribution >= 0.6 is 0 Å². The number of carbonyl (C=O) groups is 4. The number of alkyl carbamates (subject to hydrolysis) is 1. The van der Waals surface area contributed by atoms with Gasteiger partial charge in [-0.15, -0.1) is 0 Å². The van der Waals surface area contributed by atoms with E-state index in [1.807, 2.05) is 50.2 Å². The van der Waals surface area contributed by atoms with E-state index in [0.717, 1.165) is 22.3 Å². The summed E-state index contributed by atoms with van der Waals surface area (Å²) in [5.41, 5.74) is 4.46. The van der Waals surface area contributed by atoms with Crippen LogP contribution in [-0.4, -0.2) is 54.2 Å². The summed E-state index contributed by atoms with van der Waals surface area (Å²) in [6.45, 7) is 3.82. The van der Waals surface area contributed by atoms with Crippen LogP contribution < -0.4 is 16.0 Å². The van der Waals surface area contributed by atoms with Gasteiger partial charge in [0.05, 0.1) is 0 Å². The molecule has 2 unspecified atom stereocenters. The third kappa shape index (κ3) is 5.13. The van der Waals surface area contributed by atoms with Crippen molar-refractivity contribution < 1.29 is 29.0 Å². The zero-order chi connectivity index (χ0) is 25.1. The number of carbonyl (C=O) groups excluding carboxylic acids is 3. The highest BCUT2D eigenvalue weighted by atomic mass is 16.5. The lowest BCUT2D eigenvalue weighted by Crippen LogP contribution is -2.48. The fraction of sp³-hybridized carbons (Fsp3) is 0.385. The van der Waals surface area contributed by atoms with Crippen LogP contribution in [0.15, 0.2) is 48.5 Å². The molecule has 0 radical (unpaired) electrons. The quantitative estimate of drug-likeness (QED) is 0.459. The number of nitrogens with one attached hydrogen (secondary N) is 3. The minimum atomic E-state index is -1.16. The molecule has 0 spiro atoms. The molecule has 2 aromatic rings. The van der Waals surface area contributed by atoms with Gasteiger partial charge in [0.2, 0.25) is 11.8 Å². The second-order valence-electron chi connectivity index (χ2n) is 9.26. The molecule has 4 N–H and O–H groups in total. The first-order chi connectivity index (χ1) is 16.8. The SMILES string of the molecule is CC(C)[C@@H](CC(=O)NC1C(=O)NCC1C(=O)O)NC(=O)OCC1c2ccccc2-c2ccccc21. The van der Waals surface area contributed by atoms with Gasteiger partial charge in [0.1, 0.15) is 18.6 Å². The normalized spacial score (nSPS) is 19.5. The minimum absolute atomic E-state index is 0.0370. The molecule has 35 heavy (non-hydrogen) atoms. The van der Waals surface area contributed by atoms with E-state index in [-0.39, 0.29) is 31.4 Å². The van der Waals surface area contributed by atoms with Crippen molar-refractivity contribution in [2.75, 3.05) is 13.2 Å². The van der Waals surface area contributed by atoms with Gasteiger partial charge in [-0.25, -0.2) is 4.79 Å². The predicted octanol–water partition coefficient (Wildman–Crippen LogP) is 2.26. The molecule has 1 heterocycles. The van der Waals surface area contributed by atoms with Gasteiger partial charge in [0.25, 0.3) is 0 Å². The number of fused-ring (bicyclic) bond motifs is 3. The number of carboxylic acids is 1. The van der Waals surface area contributed by atoms with Crippen molar-refractivity contribution in [3.8, 4) is 11.1 Å². The summed E-state index contributed by atoms with van der Waals surface area (Å²) in [6, 6.07) is 14.4. The Morgan fingerprint density at radius 2 is 1.66 bits per heavy atom. The standard InChI is InChI=1S/C26H29N3O6/c1-14(2)21(11-22(30)29-23-19(25(32)33)12-27-24(23)31)28-26(34)35-13-20-17-9-5-3-7-15(17)16-8-4-6-10-18(16)20/h3-10,14,19-21,23H,11-13H2,1-2H3,(H,27,31)(H,28,34)(H,29,30)(H,32,33)/t19?,21-,23?/m1/s1. The summed E-state index contributed by atoms with van der Waals surface area (Å²) in [7, 11) is 0. The van der Waals surface area contributed by atoms with Crippen LogP contribution in [-0.2, 0) is 19.1 Å². The number of hydrogen-bond acceptors (Lipinski definition) is 5. The Labute approximate surface area is 203 Å². The molecule has 1 saturated heterocycles. The van der Waals surface area contributed by atoms with E-state index in [1.54, 1.807) is 0 Å². The fourth-order valence-electron chi connectivity index (χ4n) is 4.69. The van der Waals surface area contributed by atoms with E-state index in [0.29, 0.717) is 0 Å². The Kier molecular flexibility index (Phi) is 7.04. The summed E-state index contributed by atoms with van der Waals surface area (Å²) >= 11 is 0. The zero-order valence-corrected chi connectivity index (χ0v) is 19.6. The topological polar surface area (TPSA) is 134 Å². The smallest absolute Gasteiger partial charge is 0.407 e. The Morgan fingerprint density at radius 1 is 1.06 bits per heavy atom. The van der Waals surface area contributed by atoms with Crippen LogP contribution in [0.2, 0.25) is 0 Å². The van der Waals surface area contributed by atoms with E-state index >= 15 is 0 Å². The highest BCUT2D eigenvalue weighted by molar-refractivity contribution is 5.94. The highest BCUT2D eigenvalue weighted by Crippen LogP contribution is 2.44. The summed E-state index contributed by atoms with van der Waals surface area (Å²) in [6.07, 6.45) is -0.752. The number of carboxylic acid groups (broad SMARTS) is 1. The molecule has 3 amide bonds. The highest BCUT2D eigenvalue weighted by Gasteiger charge is 2.40. The van der Waals surface area contributed by atoms with Crippen LogP contribution in [0, 0.1) is 11.8 Å². The average Bonchev–Trinajstić information content (AvgIpc) is 3.35. The zero-order valence-electron chi connectivity index (χ0n) is 19.6. The molecular weight excluding hydrogens is 450 g/mol. The number of amides is 3. The van der Waals surface area contributed by atoms with Crippen molar-refractivity contribution in [1.29, 1.82) is 0 Å². The lowest BCUT2D eigenvalue weighted by molar-refractivity contribution is -0.143. The number of hydrogen-bond donors (Lipinski definition) is 4. The number of ether oxygens (including phenoxy) is 1. The maximum atomic E-state index is 12.7. The van der Waals surface area contributed by atoms with Gasteiger partial charge in [0, 0.05) is 24.9 Å². The monoisotopic (exact) mass is 479 g/mol. The second-order valence-corrected chi connectivity index (χ2v) is 9.26. The van der Waals surface area contributed by atoms with Crippen molar-refractivity contribution in [3.63, 3.8) is 0 Å². The van der Waals surface area contributed by atoms with Crippen molar-refractivity contribution in [2.24, 2.45) is 11.8 Å². The summed E-state index contributed by atoms with van der Waals surface area (Å²) < 4.78 is 5.58. The van der Waals surface area contributed by atoms with Crippen molar-refractivity contribution in [3.05, 3.63) is 59.7 Å². The van der Waals surface area contributed by atoms with Gasteiger partial charge in [-0.1, -0.05) is 62.4 Å². The third-order valence-corrected chi connectivity index (χ3v) is 6.67. The fourth-order valence-corrected chi connectivity index (χ4v) is 4.69. The minimum Gasteiger partial charge on any atom is -0.481 e. The van der Waals surface area contributed by atoms with Crippen LogP contribution in [0.25, 0.3) is 11.1 Å². The number of benzene rings is 2. The Morgan fingerprint density at radius 3 is 2.23 bits per heavy atom. The third-order valence-electron chi connectivity index (χ3n) is 6.67. The molecule has 9 nitrogen and oxygen atoms in total. The van der Waals surface area contributed by atoms with Gasteiger partial charge in [-0.05, 0) is 28.2 Å². The molecule has 0 bridgehead atoms. The molecule has 2 aliphatic rings. The van der Waals surface area contributed by atoms with E-state index in [9.17, 15) is 24.3 Å². The second kappa shape index (κ2) is 10.2. The molecular formula is C26H29N3O6. The van der Waals surface area contributed by atoms with Gasteiger partial charge < -0.3 is 25.8 Å².